The van der Waals surface area contributed by atoms with Crippen molar-refractivity contribution in [3.05, 3.63) is 50.1 Å². The molecule has 0 fully saturated rings. The summed E-state index contributed by atoms with van der Waals surface area (Å²) < 4.78 is 13.1. The predicted molar refractivity (Wildman–Crippen MR) is 68.6 cm³/mol. The Kier molecular flexibility index (Phi) is 5.92. The van der Waals surface area contributed by atoms with Gasteiger partial charge in [-0.3, -0.25) is 14.9 Å². The smallest absolute Gasteiger partial charge is 0.273 e. The van der Waals surface area contributed by atoms with Crippen molar-refractivity contribution in [2.45, 2.75) is 12.8 Å². The van der Waals surface area contributed by atoms with Crippen LogP contribution < -0.4 is 5.32 Å². The number of benzene rings is 1. The molecule has 0 radical (unpaired) electrons. The third kappa shape index (κ3) is 4.91. The van der Waals surface area contributed by atoms with Crippen LogP contribution in [0, 0.1) is 15.9 Å². The molecule has 0 spiro atoms. The third-order valence-electron chi connectivity index (χ3n) is 2.39. The van der Waals surface area contributed by atoms with E-state index >= 15 is 0 Å². The maximum absolute atomic E-state index is 13.1. The normalized spacial score (nSPS) is 9.65. The number of nitro groups is 1. The largest absolute Gasteiger partial charge is 0.352 e. The van der Waals surface area contributed by atoms with Gasteiger partial charge in [0.25, 0.3) is 11.6 Å². The molecule has 0 saturated carbocycles. The van der Waals surface area contributed by atoms with Crippen molar-refractivity contribution >= 4 is 11.6 Å². The maximum Gasteiger partial charge on any atom is 0.273 e. The van der Waals surface area contributed by atoms with E-state index in [1.807, 2.05) is 0 Å². The Labute approximate surface area is 113 Å². The Morgan fingerprint density at radius 1 is 1.45 bits per heavy atom. The molecule has 0 aliphatic rings. The highest BCUT2D eigenvalue weighted by Crippen LogP contribution is 2.16. The van der Waals surface area contributed by atoms with Crippen molar-refractivity contribution in [2.75, 3.05) is 13.1 Å². The molecular weight excluding hydrogens is 269 g/mol. The SMILES string of the molecule is [N-]=[N+]=NCCCCNC(=O)c1cc(F)cc([N+](=O)[O-])c1. The van der Waals surface area contributed by atoms with Crippen LogP contribution >= 0.6 is 0 Å². The van der Waals surface area contributed by atoms with Gasteiger partial charge >= 0.3 is 0 Å². The number of azide groups is 1. The van der Waals surface area contributed by atoms with Gasteiger partial charge in [0.2, 0.25) is 0 Å². The number of nitrogens with one attached hydrogen (secondary N) is 1. The van der Waals surface area contributed by atoms with Gasteiger partial charge in [-0.15, -0.1) is 0 Å². The second kappa shape index (κ2) is 7.70. The summed E-state index contributed by atoms with van der Waals surface area (Å²) in [5.74, 6) is -1.43. The van der Waals surface area contributed by atoms with E-state index in [4.69, 9.17) is 5.53 Å². The van der Waals surface area contributed by atoms with Crippen LogP contribution in [0.3, 0.4) is 0 Å². The Hall–Kier alpha value is -2.67. The van der Waals surface area contributed by atoms with Gasteiger partial charge in [-0.25, -0.2) is 4.39 Å². The fraction of sp³-hybridized carbons (Fsp3) is 0.364. The Morgan fingerprint density at radius 2 is 2.20 bits per heavy atom. The summed E-state index contributed by atoms with van der Waals surface area (Å²) in [5, 5.41) is 16.4. The standard InChI is InChI=1S/C11H12FN5O3/c12-9-5-8(6-10(7-9)17(19)20)11(18)14-3-1-2-4-15-16-13/h5-7H,1-4H2,(H,14,18). The van der Waals surface area contributed by atoms with Gasteiger partial charge in [0.05, 0.1) is 11.0 Å². The molecular formula is C11H12FN5O3. The zero-order valence-electron chi connectivity index (χ0n) is 10.5. The summed E-state index contributed by atoms with van der Waals surface area (Å²) in [5.41, 5.74) is 7.48. The topological polar surface area (TPSA) is 121 Å². The summed E-state index contributed by atoms with van der Waals surface area (Å²) in [7, 11) is 0. The van der Waals surface area contributed by atoms with Crippen molar-refractivity contribution in [3.8, 4) is 0 Å². The lowest BCUT2D eigenvalue weighted by atomic mass is 10.2. The number of halogens is 1. The number of rotatable bonds is 7. The van der Waals surface area contributed by atoms with Crippen LogP contribution in [0.15, 0.2) is 23.3 Å². The van der Waals surface area contributed by atoms with E-state index in [1.165, 1.54) is 0 Å². The highest BCUT2D eigenvalue weighted by Gasteiger charge is 2.14. The van der Waals surface area contributed by atoms with Gasteiger partial charge in [0.15, 0.2) is 0 Å². The Bertz CT molecular complexity index is 557. The first-order valence-electron chi connectivity index (χ1n) is 5.78. The number of carbonyl (C=O) groups excluding carboxylic acids is 1. The molecule has 1 aromatic carbocycles. The number of unbranched alkanes of at least 4 members (excludes halogenated alkanes) is 1. The number of non-ortho nitro benzene ring substituents is 1. The second-order valence-corrected chi connectivity index (χ2v) is 3.87. The average Bonchev–Trinajstić information content (AvgIpc) is 2.41. The van der Waals surface area contributed by atoms with Gasteiger partial charge in [0.1, 0.15) is 5.82 Å². The van der Waals surface area contributed by atoms with E-state index in [0.29, 0.717) is 25.9 Å². The summed E-state index contributed by atoms with van der Waals surface area (Å²) in [6.07, 6.45) is 1.19. The molecule has 0 unspecified atom stereocenters. The molecule has 0 aliphatic heterocycles. The van der Waals surface area contributed by atoms with Crippen molar-refractivity contribution in [1.82, 2.24) is 5.32 Å². The van der Waals surface area contributed by atoms with Gasteiger partial charge in [-0.1, -0.05) is 5.11 Å². The highest BCUT2D eigenvalue weighted by molar-refractivity contribution is 5.94. The predicted octanol–water partition coefficient (Wildman–Crippen LogP) is 2.55. The van der Waals surface area contributed by atoms with Crippen molar-refractivity contribution in [2.24, 2.45) is 5.11 Å². The van der Waals surface area contributed by atoms with Gasteiger partial charge in [0, 0.05) is 29.6 Å². The van der Waals surface area contributed by atoms with Crippen molar-refractivity contribution in [3.63, 3.8) is 0 Å². The lowest BCUT2D eigenvalue weighted by Gasteiger charge is -2.04. The number of nitro benzene ring substituents is 1. The molecule has 1 N–H and O–H groups in total. The molecule has 1 rings (SSSR count). The number of amides is 1. The molecule has 0 heterocycles. The van der Waals surface area contributed by atoms with E-state index in [0.717, 1.165) is 18.2 Å². The van der Waals surface area contributed by atoms with Crippen LogP contribution in [0.2, 0.25) is 0 Å². The summed E-state index contributed by atoms with van der Waals surface area (Å²) in [6, 6.07) is 2.69. The number of carbonyl (C=O) groups is 1. The summed E-state index contributed by atoms with van der Waals surface area (Å²) in [6.45, 7) is 0.641. The minimum atomic E-state index is -0.840. The minimum Gasteiger partial charge on any atom is -0.352 e. The molecule has 1 amide bonds. The molecule has 8 nitrogen and oxygen atoms in total. The van der Waals surface area contributed by atoms with E-state index in [9.17, 15) is 19.3 Å². The Morgan fingerprint density at radius 3 is 2.85 bits per heavy atom. The summed E-state index contributed by atoms with van der Waals surface area (Å²) >= 11 is 0. The first kappa shape index (κ1) is 15.4. The molecule has 106 valence electrons. The highest BCUT2D eigenvalue weighted by atomic mass is 19.1. The second-order valence-electron chi connectivity index (χ2n) is 3.87. The van der Waals surface area contributed by atoms with E-state index in [-0.39, 0.29) is 5.56 Å². The van der Waals surface area contributed by atoms with E-state index in [2.05, 4.69) is 15.3 Å². The molecule has 9 heteroatoms. The van der Waals surface area contributed by atoms with Crippen LogP contribution in [-0.2, 0) is 0 Å². The van der Waals surface area contributed by atoms with Crippen molar-refractivity contribution < 1.29 is 14.1 Å². The third-order valence-corrected chi connectivity index (χ3v) is 2.39. The molecule has 0 bridgehead atoms. The van der Waals surface area contributed by atoms with Crippen LogP contribution in [0.25, 0.3) is 10.4 Å². The molecule has 20 heavy (non-hydrogen) atoms. The fourth-order valence-corrected chi connectivity index (χ4v) is 1.47. The molecule has 0 atom stereocenters. The number of hydrogen-bond acceptors (Lipinski definition) is 4. The number of nitrogens with zero attached hydrogens (tertiary/aromatic N) is 4. The molecule has 1 aromatic rings. The minimum absolute atomic E-state index is 0.105. The molecule has 0 saturated heterocycles. The first-order chi connectivity index (χ1) is 9.54. The monoisotopic (exact) mass is 281 g/mol. The molecule has 0 aromatic heterocycles. The Balaban J connectivity index is 2.55. The zero-order chi connectivity index (χ0) is 15.0. The van der Waals surface area contributed by atoms with E-state index in [1.54, 1.807) is 0 Å². The lowest BCUT2D eigenvalue weighted by Crippen LogP contribution is -2.24. The van der Waals surface area contributed by atoms with Crippen LogP contribution in [0.5, 0.6) is 0 Å². The van der Waals surface area contributed by atoms with Crippen LogP contribution in [0.1, 0.15) is 23.2 Å². The van der Waals surface area contributed by atoms with Gasteiger partial charge < -0.3 is 5.32 Å². The van der Waals surface area contributed by atoms with Gasteiger partial charge in [-0.05, 0) is 24.4 Å². The average molecular weight is 281 g/mol. The van der Waals surface area contributed by atoms with Crippen LogP contribution in [0.4, 0.5) is 10.1 Å². The number of hydrogen-bond donors (Lipinski definition) is 1. The fourth-order valence-electron chi connectivity index (χ4n) is 1.47. The van der Waals surface area contributed by atoms with Crippen molar-refractivity contribution in [1.29, 1.82) is 0 Å². The molecule has 0 aliphatic carbocycles. The zero-order valence-corrected chi connectivity index (χ0v) is 10.5. The van der Waals surface area contributed by atoms with E-state index < -0.39 is 22.3 Å². The quantitative estimate of drug-likeness (QED) is 0.206. The van der Waals surface area contributed by atoms with Gasteiger partial charge in [-0.2, -0.15) is 0 Å². The summed E-state index contributed by atoms with van der Waals surface area (Å²) in [4.78, 5) is 24.1. The van der Waals surface area contributed by atoms with Crippen LogP contribution in [-0.4, -0.2) is 23.9 Å². The maximum atomic E-state index is 13.1. The first-order valence-corrected chi connectivity index (χ1v) is 5.78. The lowest BCUT2D eigenvalue weighted by molar-refractivity contribution is -0.385.